The topological polar surface area (TPSA) is 70.7 Å². The van der Waals surface area contributed by atoms with Crippen molar-refractivity contribution in [2.45, 2.75) is 23.5 Å². The molecule has 0 aliphatic rings. The predicted molar refractivity (Wildman–Crippen MR) is 96.2 cm³/mol. The number of halogens is 3. The monoisotopic (exact) mass is 392 g/mol. The molecule has 1 atom stereocenters. The number of aromatic amines is 1. The molecule has 3 aromatic rings. The molecule has 140 valence electrons. The lowest BCUT2D eigenvalue weighted by atomic mass is 10.1. The molecule has 2 aromatic carbocycles. The van der Waals surface area contributed by atoms with Gasteiger partial charge in [0, 0.05) is 5.69 Å². The van der Waals surface area contributed by atoms with Crippen molar-refractivity contribution in [3.05, 3.63) is 71.5 Å². The van der Waals surface area contributed by atoms with Crippen molar-refractivity contribution in [3.8, 4) is 0 Å². The lowest BCUT2D eigenvalue weighted by Gasteiger charge is -2.16. The summed E-state index contributed by atoms with van der Waals surface area (Å²) in [4.78, 5) is 17.0. The molecule has 0 radical (unpaired) electrons. The predicted octanol–water partition coefficient (Wildman–Crippen LogP) is 4.60. The molecule has 5 nitrogen and oxygen atoms in total. The Hall–Kier alpha value is -2.81. The molecule has 0 aliphatic heterocycles. The van der Waals surface area contributed by atoms with Gasteiger partial charge in [-0.15, -0.1) is 5.10 Å². The second-order valence-corrected chi connectivity index (χ2v) is 6.75. The number of anilines is 1. The molecule has 0 saturated carbocycles. The molecule has 1 heterocycles. The highest BCUT2D eigenvalue weighted by Crippen LogP contribution is 2.35. The van der Waals surface area contributed by atoms with Gasteiger partial charge in [-0.1, -0.05) is 48.2 Å². The van der Waals surface area contributed by atoms with Crippen LogP contribution in [0.25, 0.3) is 0 Å². The average molecular weight is 392 g/mol. The molecule has 2 N–H and O–H groups in total. The number of rotatable bonds is 5. The summed E-state index contributed by atoms with van der Waals surface area (Å²) >= 11 is 1.11. The number of hydrogen-bond donors (Lipinski definition) is 2. The summed E-state index contributed by atoms with van der Waals surface area (Å²) < 4.78 is 38.6. The number of aromatic nitrogens is 3. The number of H-pyrrole nitrogens is 1. The van der Waals surface area contributed by atoms with E-state index in [0.717, 1.165) is 23.9 Å². The molecule has 27 heavy (non-hydrogen) atoms. The number of thioether (sulfide) groups is 1. The van der Waals surface area contributed by atoms with Gasteiger partial charge in [0.1, 0.15) is 11.1 Å². The molecule has 9 heteroatoms. The van der Waals surface area contributed by atoms with Crippen LogP contribution in [-0.4, -0.2) is 21.1 Å². The van der Waals surface area contributed by atoms with Gasteiger partial charge < -0.3 is 5.32 Å². The second kappa shape index (κ2) is 7.83. The Morgan fingerprint density at radius 1 is 1.15 bits per heavy atom. The summed E-state index contributed by atoms with van der Waals surface area (Å²) in [5, 5.41) is 8.92. The first-order chi connectivity index (χ1) is 12.8. The Labute approximate surface area is 157 Å². The highest BCUT2D eigenvalue weighted by Gasteiger charge is 2.31. The van der Waals surface area contributed by atoms with Gasteiger partial charge in [-0.05, 0) is 30.7 Å². The van der Waals surface area contributed by atoms with E-state index in [1.54, 1.807) is 31.2 Å². The fraction of sp³-hybridized carbons (Fsp3) is 0.167. The van der Waals surface area contributed by atoms with Gasteiger partial charge in [-0.3, -0.25) is 9.89 Å². The summed E-state index contributed by atoms with van der Waals surface area (Å²) in [6.45, 7) is 1.73. The maximum atomic E-state index is 12.9. The van der Waals surface area contributed by atoms with Crippen molar-refractivity contribution < 1.29 is 18.0 Å². The normalized spacial score (nSPS) is 12.6. The van der Waals surface area contributed by atoms with E-state index in [1.165, 1.54) is 12.1 Å². The zero-order chi connectivity index (χ0) is 19.4. The Morgan fingerprint density at radius 2 is 1.89 bits per heavy atom. The van der Waals surface area contributed by atoms with Crippen molar-refractivity contribution in [2.24, 2.45) is 0 Å². The van der Waals surface area contributed by atoms with Crippen LogP contribution in [0.1, 0.15) is 22.2 Å². The maximum absolute atomic E-state index is 12.9. The number of carbonyl (C=O) groups is 1. The van der Waals surface area contributed by atoms with Crippen LogP contribution in [0.5, 0.6) is 0 Å². The molecule has 0 bridgehead atoms. The SMILES string of the molecule is Cc1nc(S[C@H](C(=O)Nc2cccc(C(F)(F)F)c2)c2ccccc2)n[nH]1. The molecule has 1 amide bonds. The Bertz CT molecular complexity index is 928. The third-order valence-electron chi connectivity index (χ3n) is 3.60. The number of amides is 1. The van der Waals surface area contributed by atoms with Crippen LogP contribution in [0.4, 0.5) is 18.9 Å². The van der Waals surface area contributed by atoms with Crippen molar-refractivity contribution in [2.75, 3.05) is 5.32 Å². The van der Waals surface area contributed by atoms with Crippen LogP contribution in [0, 0.1) is 6.92 Å². The number of nitrogens with one attached hydrogen (secondary N) is 2. The summed E-state index contributed by atoms with van der Waals surface area (Å²) in [6.07, 6.45) is -4.48. The fourth-order valence-corrected chi connectivity index (χ4v) is 3.32. The first-order valence-electron chi connectivity index (χ1n) is 7.91. The number of carbonyl (C=O) groups excluding carboxylic acids is 1. The summed E-state index contributed by atoms with van der Waals surface area (Å²) in [6, 6.07) is 13.4. The summed E-state index contributed by atoms with van der Waals surface area (Å²) in [5.41, 5.74) is -0.0641. The average Bonchev–Trinajstić information content (AvgIpc) is 3.05. The van der Waals surface area contributed by atoms with E-state index in [0.29, 0.717) is 16.5 Å². The third-order valence-corrected chi connectivity index (χ3v) is 4.71. The molecule has 0 spiro atoms. The van der Waals surface area contributed by atoms with E-state index in [-0.39, 0.29) is 5.69 Å². The van der Waals surface area contributed by atoms with E-state index in [2.05, 4.69) is 20.5 Å². The number of alkyl halides is 3. The smallest absolute Gasteiger partial charge is 0.325 e. The lowest BCUT2D eigenvalue weighted by Crippen LogP contribution is -2.19. The third kappa shape index (κ3) is 4.88. The minimum atomic E-state index is -4.48. The van der Waals surface area contributed by atoms with Crippen molar-refractivity contribution in [1.82, 2.24) is 15.2 Å². The first-order valence-corrected chi connectivity index (χ1v) is 8.79. The van der Waals surface area contributed by atoms with E-state index in [4.69, 9.17) is 0 Å². The number of aryl methyl sites for hydroxylation is 1. The molecule has 0 unspecified atom stereocenters. The highest BCUT2D eigenvalue weighted by molar-refractivity contribution is 8.00. The van der Waals surface area contributed by atoms with Gasteiger partial charge in [0.15, 0.2) is 0 Å². The van der Waals surface area contributed by atoms with Crippen LogP contribution in [0.2, 0.25) is 0 Å². The summed E-state index contributed by atoms with van der Waals surface area (Å²) in [5.74, 6) is 0.135. The minimum Gasteiger partial charge on any atom is -0.325 e. The molecule has 0 saturated heterocycles. The molecule has 0 fully saturated rings. The standard InChI is InChI=1S/C18H15F3N4OS/c1-11-22-17(25-24-11)27-15(12-6-3-2-4-7-12)16(26)23-14-9-5-8-13(10-14)18(19,20)21/h2-10,15H,1H3,(H,23,26)(H,22,24,25)/t15-/m0/s1. The van der Waals surface area contributed by atoms with Gasteiger partial charge in [0.2, 0.25) is 11.1 Å². The van der Waals surface area contributed by atoms with Gasteiger partial charge in [0.25, 0.3) is 0 Å². The van der Waals surface area contributed by atoms with Gasteiger partial charge in [-0.25, -0.2) is 4.98 Å². The fourth-order valence-electron chi connectivity index (χ4n) is 2.36. The molecule has 1 aromatic heterocycles. The number of hydrogen-bond acceptors (Lipinski definition) is 4. The number of nitrogens with zero attached hydrogens (tertiary/aromatic N) is 2. The van der Waals surface area contributed by atoms with Crippen LogP contribution in [-0.2, 0) is 11.0 Å². The van der Waals surface area contributed by atoms with Crippen LogP contribution >= 0.6 is 11.8 Å². The number of benzene rings is 2. The first kappa shape index (κ1) is 19.0. The second-order valence-electron chi connectivity index (χ2n) is 5.68. The quantitative estimate of drug-likeness (QED) is 0.623. The van der Waals surface area contributed by atoms with Gasteiger partial charge in [-0.2, -0.15) is 13.2 Å². The van der Waals surface area contributed by atoms with Gasteiger partial charge >= 0.3 is 6.18 Å². The van der Waals surface area contributed by atoms with E-state index < -0.39 is 22.9 Å². The summed E-state index contributed by atoms with van der Waals surface area (Å²) in [7, 11) is 0. The Kier molecular flexibility index (Phi) is 5.50. The maximum Gasteiger partial charge on any atom is 0.416 e. The van der Waals surface area contributed by atoms with Crippen LogP contribution < -0.4 is 5.32 Å². The largest absolute Gasteiger partial charge is 0.416 e. The zero-order valence-electron chi connectivity index (χ0n) is 14.1. The molecular formula is C18H15F3N4OS. The van der Waals surface area contributed by atoms with E-state index in [1.807, 2.05) is 6.07 Å². The molecule has 0 aliphatic carbocycles. The van der Waals surface area contributed by atoms with Crippen molar-refractivity contribution in [1.29, 1.82) is 0 Å². The van der Waals surface area contributed by atoms with Gasteiger partial charge in [0.05, 0.1) is 5.56 Å². The van der Waals surface area contributed by atoms with Crippen LogP contribution in [0.15, 0.2) is 59.8 Å². The zero-order valence-corrected chi connectivity index (χ0v) is 14.9. The Balaban J connectivity index is 1.85. The minimum absolute atomic E-state index is 0.0718. The lowest BCUT2D eigenvalue weighted by molar-refractivity contribution is -0.137. The van der Waals surface area contributed by atoms with Crippen molar-refractivity contribution >= 4 is 23.4 Å². The molecule has 3 rings (SSSR count). The molecular weight excluding hydrogens is 377 g/mol. The van der Waals surface area contributed by atoms with E-state index >= 15 is 0 Å². The Morgan fingerprint density at radius 3 is 2.52 bits per heavy atom. The van der Waals surface area contributed by atoms with Crippen LogP contribution in [0.3, 0.4) is 0 Å². The highest BCUT2D eigenvalue weighted by atomic mass is 32.2. The van der Waals surface area contributed by atoms with E-state index in [9.17, 15) is 18.0 Å². The van der Waals surface area contributed by atoms with Crippen molar-refractivity contribution in [3.63, 3.8) is 0 Å².